The van der Waals surface area contributed by atoms with Crippen LogP contribution in [0, 0.1) is 0 Å². The third kappa shape index (κ3) is 2.51. The second-order valence-electron chi connectivity index (χ2n) is 2.61. The van der Waals surface area contributed by atoms with E-state index in [0.29, 0.717) is 6.54 Å². The lowest BCUT2D eigenvalue weighted by Gasteiger charge is -1.89. The molecule has 12 heavy (non-hydrogen) atoms. The Morgan fingerprint density at radius 3 is 3.08 bits per heavy atom. The van der Waals surface area contributed by atoms with E-state index in [1.807, 2.05) is 23.2 Å². The fourth-order valence-corrected chi connectivity index (χ4v) is 0.954. The molecule has 3 nitrogen and oxygen atoms in total. The van der Waals surface area contributed by atoms with Crippen molar-refractivity contribution in [1.29, 1.82) is 0 Å². The standard InChI is InChI=1S/C9H15N3/c1-2-12-8-9(7-11-12)5-3-4-6-10/h3,5,7-8H,2,4,6,10H2,1H3. The number of hydrogen-bond donors (Lipinski definition) is 1. The molecular weight excluding hydrogens is 150 g/mol. The number of nitrogens with two attached hydrogens (primary N) is 1. The normalized spacial score (nSPS) is 11.2. The van der Waals surface area contributed by atoms with Crippen LogP contribution in [0.5, 0.6) is 0 Å². The smallest absolute Gasteiger partial charge is 0.0562 e. The summed E-state index contributed by atoms with van der Waals surface area (Å²) in [5.41, 5.74) is 6.50. The van der Waals surface area contributed by atoms with Crippen LogP contribution in [-0.4, -0.2) is 16.3 Å². The maximum Gasteiger partial charge on any atom is 0.0562 e. The van der Waals surface area contributed by atoms with E-state index in [-0.39, 0.29) is 0 Å². The Kier molecular flexibility index (Phi) is 3.54. The highest BCUT2D eigenvalue weighted by atomic mass is 15.3. The van der Waals surface area contributed by atoms with Crippen LogP contribution < -0.4 is 5.73 Å². The molecule has 0 aliphatic carbocycles. The summed E-state index contributed by atoms with van der Waals surface area (Å²) < 4.78 is 1.90. The van der Waals surface area contributed by atoms with Gasteiger partial charge in [-0.3, -0.25) is 4.68 Å². The maximum atomic E-state index is 5.35. The van der Waals surface area contributed by atoms with Crippen molar-refractivity contribution in [1.82, 2.24) is 9.78 Å². The molecule has 0 radical (unpaired) electrons. The molecule has 3 heteroatoms. The molecule has 0 saturated heterocycles. The SMILES string of the molecule is CCn1cc(C=CCCN)cn1. The van der Waals surface area contributed by atoms with E-state index in [2.05, 4.69) is 18.1 Å². The molecule has 0 amide bonds. The average molecular weight is 165 g/mol. The number of aromatic nitrogens is 2. The van der Waals surface area contributed by atoms with Gasteiger partial charge in [0.25, 0.3) is 0 Å². The molecule has 1 aromatic rings. The van der Waals surface area contributed by atoms with Gasteiger partial charge >= 0.3 is 0 Å². The molecule has 0 aromatic carbocycles. The summed E-state index contributed by atoms with van der Waals surface area (Å²) in [5, 5.41) is 4.15. The predicted octanol–water partition coefficient (Wildman–Crippen LogP) is 1.26. The number of aryl methyl sites for hydroxylation is 1. The highest BCUT2D eigenvalue weighted by molar-refractivity contribution is 5.46. The second kappa shape index (κ2) is 4.72. The van der Waals surface area contributed by atoms with Crippen LogP contribution in [0.1, 0.15) is 18.9 Å². The topological polar surface area (TPSA) is 43.8 Å². The first-order valence-electron chi connectivity index (χ1n) is 4.26. The minimum atomic E-state index is 0.707. The van der Waals surface area contributed by atoms with Gasteiger partial charge < -0.3 is 5.73 Å². The highest BCUT2D eigenvalue weighted by Crippen LogP contribution is 2.00. The Labute approximate surface area is 72.9 Å². The summed E-state index contributed by atoms with van der Waals surface area (Å²) in [5.74, 6) is 0. The predicted molar refractivity (Wildman–Crippen MR) is 50.6 cm³/mol. The Bertz CT molecular complexity index is 250. The van der Waals surface area contributed by atoms with Crippen LogP contribution in [0.4, 0.5) is 0 Å². The summed E-state index contributed by atoms with van der Waals surface area (Å²) >= 11 is 0. The van der Waals surface area contributed by atoms with Gasteiger partial charge in [-0.15, -0.1) is 0 Å². The van der Waals surface area contributed by atoms with E-state index in [0.717, 1.165) is 18.5 Å². The zero-order chi connectivity index (χ0) is 8.81. The molecule has 0 unspecified atom stereocenters. The van der Waals surface area contributed by atoms with E-state index in [9.17, 15) is 0 Å². The van der Waals surface area contributed by atoms with Gasteiger partial charge in [0, 0.05) is 18.3 Å². The van der Waals surface area contributed by atoms with Gasteiger partial charge in [0.2, 0.25) is 0 Å². The fourth-order valence-electron chi connectivity index (χ4n) is 0.954. The van der Waals surface area contributed by atoms with E-state index in [4.69, 9.17) is 5.73 Å². The van der Waals surface area contributed by atoms with Crippen LogP contribution in [0.25, 0.3) is 6.08 Å². The first-order valence-corrected chi connectivity index (χ1v) is 4.26. The minimum Gasteiger partial charge on any atom is -0.330 e. The zero-order valence-corrected chi connectivity index (χ0v) is 7.40. The van der Waals surface area contributed by atoms with Gasteiger partial charge in [-0.2, -0.15) is 5.10 Å². The molecule has 1 aromatic heterocycles. The molecule has 1 rings (SSSR count). The molecule has 2 N–H and O–H groups in total. The van der Waals surface area contributed by atoms with E-state index in [1.54, 1.807) is 0 Å². The lowest BCUT2D eigenvalue weighted by molar-refractivity contribution is 0.660. The molecule has 0 spiro atoms. The molecular formula is C9H15N3. The fraction of sp³-hybridized carbons (Fsp3) is 0.444. The quantitative estimate of drug-likeness (QED) is 0.730. The van der Waals surface area contributed by atoms with Crippen molar-refractivity contribution in [2.45, 2.75) is 19.9 Å². The summed E-state index contributed by atoms with van der Waals surface area (Å²) in [7, 11) is 0. The molecule has 0 fully saturated rings. The average Bonchev–Trinajstić information content (AvgIpc) is 2.53. The van der Waals surface area contributed by atoms with Gasteiger partial charge in [-0.25, -0.2) is 0 Å². The van der Waals surface area contributed by atoms with Crippen LogP contribution in [-0.2, 0) is 6.54 Å². The lowest BCUT2D eigenvalue weighted by atomic mass is 10.3. The summed E-state index contributed by atoms with van der Waals surface area (Å²) in [6.07, 6.45) is 8.92. The van der Waals surface area contributed by atoms with Crippen molar-refractivity contribution in [2.75, 3.05) is 6.54 Å². The van der Waals surface area contributed by atoms with Crippen molar-refractivity contribution in [3.05, 3.63) is 24.0 Å². The Morgan fingerprint density at radius 2 is 2.50 bits per heavy atom. The van der Waals surface area contributed by atoms with Gasteiger partial charge in [0.1, 0.15) is 0 Å². The number of rotatable bonds is 4. The molecule has 0 aliphatic rings. The molecule has 0 aliphatic heterocycles. The van der Waals surface area contributed by atoms with E-state index < -0.39 is 0 Å². The number of hydrogen-bond acceptors (Lipinski definition) is 2. The van der Waals surface area contributed by atoms with Gasteiger partial charge in [-0.05, 0) is 19.9 Å². The van der Waals surface area contributed by atoms with Crippen LogP contribution >= 0.6 is 0 Å². The van der Waals surface area contributed by atoms with Crippen molar-refractivity contribution >= 4 is 6.08 Å². The van der Waals surface area contributed by atoms with Gasteiger partial charge in [0.15, 0.2) is 0 Å². The summed E-state index contributed by atoms with van der Waals surface area (Å²) in [4.78, 5) is 0. The van der Waals surface area contributed by atoms with Crippen LogP contribution in [0.3, 0.4) is 0 Å². The van der Waals surface area contributed by atoms with Crippen LogP contribution in [0.2, 0.25) is 0 Å². The van der Waals surface area contributed by atoms with Crippen molar-refractivity contribution in [3.63, 3.8) is 0 Å². The van der Waals surface area contributed by atoms with E-state index >= 15 is 0 Å². The first-order chi connectivity index (χ1) is 5.86. The van der Waals surface area contributed by atoms with E-state index in [1.165, 1.54) is 0 Å². The Balaban J connectivity index is 2.51. The largest absolute Gasteiger partial charge is 0.330 e. The van der Waals surface area contributed by atoms with Crippen molar-refractivity contribution < 1.29 is 0 Å². The Morgan fingerprint density at radius 1 is 1.67 bits per heavy atom. The second-order valence-corrected chi connectivity index (χ2v) is 2.61. The van der Waals surface area contributed by atoms with Crippen molar-refractivity contribution in [2.24, 2.45) is 5.73 Å². The molecule has 0 bridgehead atoms. The highest BCUT2D eigenvalue weighted by Gasteiger charge is 1.90. The first kappa shape index (κ1) is 9.00. The van der Waals surface area contributed by atoms with Gasteiger partial charge in [0.05, 0.1) is 6.20 Å². The zero-order valence-electron chi connectivity index (χ0n) is 7.40. The van der Waals surface area contributed by atoms with Crippen molar-refractivity contribution in [3.8, 4) is 0 Å². The summed E-state index contributed by atoms with van der Waals surface area (Å²) in [6.45, 7) is 3.70. The number of nitrogens with zero attached hydrogens (tertiary/aromatic N) is 2. The third-order valence-electron chi connectivity index (χ3n) is 1.62. The maximum absolute atomic E-state index is 5.35. The Hall–Kier alpha value is -1.09. The van der Waals surface area contributed by atoms with Gasteiger partial charge in [-0.1, -0.05) is 12.2 Å². The lowest BCUT2D eigenvalue weighted by Crippen LogP contribution is -1.94. The molecule has 0 saturated carbocycles. The monoisotopic (exact) mass is 165 g/mol. The third-order valence-corrected chi connectivity index (χ3v) is 1.62. The van der Waals surface area contributed by atoms with Crippen LogP contribution in [0.15, 0.2) is 18.5 Å². The summed E-state index contributed by atoms with van der Waals surface area (Å²) in [6, 6.07) is 0. The molecule has 66 valence electrons. The minimum absolute atomic E-state index is 0.707. The molecule has 0 atom stereocenters. The molecule has 1 heterocycles.